The summed E-state index contributed by atoms with van der Waals surface area (Å²) in [4.78, 5) is 0. The molecule has 0 radical (unpaired) electrons. The summed E-state index contributed by atoms with van der Waals surface area (Å²) < 4.78 is 31.2. The molecule has 0 fully saturated rings. The normalized spacial score (nSPS) is 12.9. The Labute approximate surface area is 219 Å². The summed E-state index contributed by atoms with van der Waals surface area (Å²) in [7, 11) is 0. The number of thiol groups is 1. The van der Waals surface area contributed by atoms with Gasteiger partial charge in [0.2, 0.25) is 0 Å². The first-order valence-corrected chi connectivity index (χ1v) is 14.2. The van der Waals surface area contributed by atoms with Crippen LogP contribution in [0, 0.1) is 6.92 Å². The predicted octanol–water partition coefficient (Wildman–Crippen LogP) is 10.4. The standard InChI is InChI=1S/C31H49F2NS/c1-8-11-19-24(6)29(26(31(32)33)22-23(4)5)30-25(7)27(9-2)34(28(30)10-3)20-17-15-13-12-14-16-18-21-35/h10,22,31,35H,3-4,8-9,11-21H2,1-2,5-7H3/b26-22+,29-24+. The van der Waals surface area contributed by atoms with Gasteiger partial charge in [-0.05, 0) is 75.8 Å². The number of hydrogen-bond donors (Lipinski definition) is 1. The highest BCUT2D eigenvalue weighted by Crippen LogP contribution is 2.40. The maximum absolute atomic E-state index is 14.5. The van der Waals surface area contributed by atoms with Crippen LogP contribution < -0.4 is 0 Å². The zero-order chi connectivity index (χ0) is 26.4. The fourth-order valence-corrected chi connectivity index (χ4v) is 5.23. The first-order valence-electron chi connectivity index (χ1n) is 13.6. The van der Waals surface area contributed by atoms with Crippen molar-refractivity contribution in [3.05, 3.63) is 58.5 Å². The van der Waals surface area contributed by atoms with Gasteiger partial charge in [-0.2, -0.15) is 12.6 Å². The summed E-state index contributed by atoms with van der Waals surface area (Å²) in [5, 5.41) is 0. The largest absolute Gasteiger partial charge is 0.344 e. The van der Waals surface area contributed by atoms with Crippen molar-refractivity contribution in [2.45, 2.75) is 118 Å². The minimum atomic E-state index is -2.56. The summed E-state index contributed by atoms with van der Waals surface area (Å²) in [5.74, 6) is 0.975. The van der Waals surface area contributed by atoms with Crippen LogP contribution in [-0.2, 0) is 13.0 Å². The third-order valence-electron chi connectivity index (χ3n) is 6.76. The van der Waals surface area contributed by atoms with E-state index in [1.54, 1.807) is 13.0 Å². The monoisotopic (exact) mass is 505 g/mol. The van der Waals surface area contributed by atoms with Crippen molar-refractivity contribution < 1.29 is 8.78 Å². The molecule has 4 heteroatoms. The van der Waals surface area contributed by atoms with Crippen molar-refractivity contribution in [3.8, 4) is 0 Å². The summed E-state index contributed by atoms with van der Waals surface area (Å²) >= 11 is 4.29. The Morgan fingerprint density at radius 1 is 1.00 bits per heavy atom. The molecule has 0 atom stereocenters. The van der Waals surface area contributed by atoms with E-state index in [9.17, 15) is 8.78 Å². The molecule has 1 rings (SSSR count). The zero-order valence-corrected chi connectivity index (χ0v) is 23.9. The predicted molar refractivity (Wildman–Crippen MR) is 156 cm³/mol. The Hall–Kier alpha value is -1.55. The first-order chi connectivity index (χ1) is 16.7. The summed E-state index contributed by atoms with van der Waals surface area (Å²) in [5.41, 5.74) is 6.69. The van der Waals surface area contributed by atoms with Crippen LogP contribution in [0.5, 0.6) is 0 Å². The van der Waals surface area contributed by atoms with Gasteiger partial charge in [-0.3, -0.25) is 0 Å². The van der Waals surface area contributed by atoms with Gasteiger partial charge >= 0.3 is 0 Å². The minimum Gasteiger partial charge on any atom is -0.344 e. The molecule has 0 aromatic carbocycles. The highest BCUT2D eigenvalue weighted by molar-refractivity contribution is 7.80. The quantitative estimate of drug-likeness (QED) is 0.115. The number of allylic oxidation sites excluding steroid dienone is 5. The van der Waals surface area contributed by atoms with E-state index in [-0.39, 0.29) is 5.57 Å². The highest BCUT2D eigenvalue weighted by Gasteiger charge is 2.27. The number of aromatic nitrogens is 1. The Kier molecular flexibility index (Phi) is 15.3. The third kappa shape index (κ3) is 9.44. The van der Waals surface area contributed by atoms with Crippen molar-refractivity contribution in [3.63, 3.8) is 0 Å². The molecule has 0 N–H and O–H groups in total. The number of alkyl halides is 2. The van der Waals surface area contributed by atoms with Gasteiger partial charge in [0.15, 0.2) is 0 Å². The van der Waals surface area contributed by atoms with Crippen LogP contribution in [-0.4, -0.2) is 16.7 Å². The van der Waals surface area contributed by atoms with Crippen LogP contribution in [0.3, 0.4) is 0 Å². The molecular formula is C31H49F2NS. The lowest BCUT2D eigenvalue weighted by Crippen LogP contribution is -2.07. The Morgan fingerprint density at radius 2 is 1.60 bits per heavy atom. The van der Waals surface area contributed by atoms with E-state index in [0.717, 1.165) is 66.8 Å². The van der Waals surface area contributed by atoms with Gasteiger partial charge in [-0.15, -0.1) is 0 Å². The summed E-state index contributed by atoms with van der Waals surface area (Å²) in [6, 6.07) is 0. The van der Waals surface area contributed by atoms with Gasteiger partial charge in [0.1, 0.15) is 0 Å². The molecule has 198 valence electrons. The molecule has 1 heterocycles. The van der Waals surface area contributed by atoms with E-state index in [1.807, 2.05) is 13.0 Å². The topological polar surface area (TPSA) is 4.93 Å². The maximum atomic E-state index is 14.5. The molecule has 0 bridgehead atoms. The number of nitrogens with zero attached hydrogens (tertiary/aromatic N) is 1. The summed E-state index contributed by atoms with van der Waals surface area (Å²) in [6.45, 7) is 19.1. The van der Waals surface area contributed by atoms with E-state index in [2.05, 4.69) is 51.1 Å². The maximum Gasteiger partial charge on any atom is 0.264 e. The molecule has 0 saturated carbocycles. The Bertz CT molecular complexity index is 873. The van der Waals surface area contributed by atoms with Crippen molar-refractivity contribution in [1.82, 2.24) is 4.57 Å². The number of hydrogen-bond acceptors (Lipinski definition) is 1. The van der Waals surface area contributed by atoms with Crippen molar-refractivity contribution in [1.29, 1.82) is 0 Å². The van der Waals surface area contributed by atoms with Gasteiger partial charge in [0, 0.05) is 29.1 Å². The fourth-order valence-electron chi connectivity index (χ4n) is 5.00. The second-order valence-corrected chi connectivity index (χ2v) is 10.2. The molecular weight excluding hydrogens is 456 g/mol. The molecule has 0 saturated heterocycles. The molecule has 0 aliphatic carbocycles. The zero-order valence-electron chi connectivity index (χ0n) is 23.0. The average Bonchev–Trinajstić information content (AvgIpc) is 3.08. The molecule has 0 amide bonds. The molecule has 35 heavy (non-hydrogen) atoms. The van der Waals surface area contributed by atoms with E-state index in [0.29, 0.717) is 11.1 Å². The number of halogens is 2. The lowest BCUT2D eigenvalue weighted by Gasteiger charge is -2.18. The highest BCUT2D eigenvalue weighted by atomic mass is 32.1. The third-order valence-corrected chi connectivity index (χ3v) is 7.07. The first kappa shape index (κ1) is 31.5. The fraction of sp³-hybridized carbons (Fsp3) is 0.613. The Morgan fingerprint density at radius 3 is 2.09 bits per heavy atom. The van der Waals surface area contributed by atoms with Gasteiger partial charge < -0.3 is 4.57 Å². The lowest BCUT2D eigenvalue weighted by atomic mass is 9.87. The lowest BCUT2D eigenvalue weighted by molar-refractivity contribution is 0.195. The summed E-state index contributed by atoms with van der Waals surface area (Å²) in [6.07, 6.45) is 13.1. The SMILES string of the molecule is C=Cc1c(C(=C(\C)CCCC)/C(=C\C(=C)C)C(F)F)c(C)c(CC)n1CCCCCCCCCS. The van der Waals surface area contributed by atoms with Gasteiger partial charge in [0.05, 0.1) is 0 Å². The van der Waals surface area contributed by atoms with Crippen molar-refractivity contribution in [2.24, 2.45) is 0 Å². The molecule has 0 spiro atoms. The van der Waals surface area contributed by atoms with Crippen LogP contribution in [0.1, 0.15) is 114 Å². The Balaban J connectivity index is 3.43. The van der Waals surface area contributed by atoms with Gasteiger partial charge in [-0.25, -0.2) is 8.78 Å². The van der Waals surface area contributed by atoms with Gasteiger partial charge in [0.25, 0.3) is 6.43 Å². The molecule has 1 aromatic rings. The molecule has 0 unspecified atom stereocenters. The van der Waals surface area contributed by atoms with Crippen LogP contribution in [0.4, 0.5) is 8.78 Å². The van der Waals surface area contributed by atoms with Crippen LogP contribution >= 0.6 is 12.6 Å². The van der Waals surface area contributed by atoms with E-state index in [4.69, 9.17) is 0 Å². The number of rotatable bonds is 18. The minimum absolute atomic E-state index is 0.0818. The average molecular weight is 506 g/mol. The number of unbranched alkanes of at least 4 members (excludes halogenated alkanes) is 7. The van der Waals surface area contributed by atoms with Crippen LogP contribution in [0.2, 0.25) is 0 Å². The van der Waals surface area contributed by atoms with E-state index in [1.165, 1.54) is 44.2 Å². The van der Waals surface area contributed by atoms with E-state index >= 15 is 0 Å². The second-order valence-electron chi connectivity index (χ2n) is 9.75. The molecule has 1 aromatic heterocycles. The smallest absolute Gasteiger partial charge is 0.264 e. The molecule has 0 aliphatic rings. The van der Waals surface area contributed by atoms with Crippen LogP contribution in [0.15, 0.2) is 36.0 Å². The second kappa shape index (κ2) is 17.0. The van der Waals surface area contributed by atoms with E-state index < -0.39 is 6.43 Å². The molecule has 1 nitrogen and oxygen atoms in total. The van der Waals surface area contributed by atoms with Crippen molar-refractivity contribution in [2.75, 3.05) is 5.75 Å². The van der Waals surface area contributed by atoms with Gasteiger partial charge in [-0.1, -0.05) is 82.8 Å². The van der Waals surface area contributed by atoms with Crippen molar-refractivity contribution >= 4 is 24.3 Å². The molecule has 0 aliphatic heterocycles. The van der Waals surface area contributed by atoms with Crippen LogP contribution in [0.25, 0.3) is 11.6 Å².